The van der Waals surface area contributed by atoms with Gasteiger partial charge in [-0.3, -0.25) is 0 Å². The Morgan fingerprint density at radius 2 is 1.91 bits per heavy atom. The largest absolute Gasteiger partial charge is 0.493 e. The Morgan fingerprint density at radius 1 is 1.23 bits per heavy atom. The molecule has 0 bridgehead atoms. The van der Waals surface area contributed by atoms with Crippen LogP contribution in [0.25, 0.3) is 0 Å². The first-order valence-electron chi connectivity index (χ1n) is 10.5. The lowest BCUT2D eigenvalue weighted by Gasteiger charge is -2.48. The lowest BCUT2D eigenvalue weighted by atomic mass is 9.82. The number of carbonyl (C=O) groups is 1. The molecule has 0 unspecified atom stereocenters. The van der Waals surface area contributed by atoms with Gasteiger partial charge in [-0.05, 0) is 51.1 Å². The molecule has 0 aromatic heterocycles. The van der Waals surface area contributed by atoms with E-state index in [0.717, 1.165) is 6.07 Å². The highest BCUT2D eigenvalue weighted by Gasteiger charge is 2.50. The normalized spacial score (nSPS) is 15.6. The minimum Gasteiger partial charge on any atom is -0.493 e. The Balaban J connectivity index is 1.77. The quantitative estimate of drug-likeness (QED) is 0.546. The number of amides is 1. The van der Waals surface area contributed by atoms with Crippen molar-refractivity contribution < 1.29 is 27.1 Å². The van der Waals surface area contributed by atoms with E-state index in [1.54, 1.807) is 26.8 Å². The molecule has 8 nitrogen and oxygen atoms in total. The van der Waals surface area contributed by atoms with Gasteiger partial charge in [0, 0.05) is 36.1 Å². The van der Waals surface area contributed by atoms with Crippen molar-refractivity contribution in [2.24, 2.45) is 5.41 Å². The number of sulfonamides is 1. The van der Waals surface area contributed by atoms with Crippen LogP contribution in [0.2, 0.25) is 10.0 Å². The van der Waals surface area contributed by atoms with Crippen LogP contribution in [0.5, 0.6) is 5.75 Å². The number of ether oxygens (including phenoxy) is 2. The average Bonchev–Trinajstić information content (AvgIpc) is 2.71. The molecule has 2 aromatic rings. The second kappa shape index (κ2) is 10.2. The number of hydrogen-bond donors (Lipinski definition) is 1. The maximum atomic E-state index is 14.0. The van der Waals surface area contributed by atoms with Gasteiger partial charge < -0.3 is 14.8 Å². The van der Waals surface area contributed by atoms with Crippen LogP contribution in [0.1, 0.15) is 26.3 Å². The molecule has 35 heavy (non-hydrogen) atoms. The van der Waals surface area contributed by atoms with Crippen molar-refractivity contribution in [3.8, 4) is 11.8 Å². The number of benzene rings is 2. The topological polar surface area (TPSA) is 109 Å². The maximum absolute atomic E-state index is 14.0. The first-order valence-corrected chi connectivity index (χ1v) is 12.7. The highest BCUT2D eigenvalue weighted by molar-refractivity contribution is 7.89. The van der Waals surface area contributed by atoms with Crippen molar-refractivity contribution in [1.29, 1.82) is 5.26 Å². The number of carbonyl (C=O) groups excluding carboxylic acids is 1. The minimum absolute atomic E-state index is 0.00283. The summed E-state index contributed by atoms with van der Waals surface area (Å²) in [6.45, 7) is 5.18. The second-order valence-corrected chi connectivity index (χ2v) is 12.0. The fourth-order valence-electron chi connectivity index (χ4n) is 3.44. The molecular formula is C23H24Cl2FN3O5S. The molecule has 0 radical (unpaired) electrons. The van der Waals surface area contributed by atoms with Gasteiger partial charge in [0.1, 0.15) is 28.1 Å². The van der Waals surface area contributed by atoms with Gasteiger partial charge in [0.15, 0.2) is 0 Å². The van der Waals surface area contributed by atoms with E-state index in [1.165, 1.54) is 34.6 Å². The number of nitrogens with zero attached hydrogens (tertiary/aromatic N) is 2. The molecule has 1 amide bonds. The molecule has 0 spiro atoms. The molecule has 0 saturated carbocycles. The van der Waals surface area contributed by atoms with Crippen LogP contribution in [0, 0.1) is 22.6 Å². The van der Waals surface area contributed by atoms with Gasteiger partial charge in [0.05, 0.1) is 17.2 Å². The Hall–Kier alpha value is -2.58. The third kappa shape index (κ3) is 6.55. The average molecular weight is 544 g/mol. The Bertz CT molecular complexity index is 1270. The highest BCUT2D eigenvalue weighted by atomic mass is 35.5. The molecule has 12 heteroatoms. The molecule has 1 aliphatic rings. The van der Waals surface area contributed by atoms with E-state index >= 15 is 0 Å². The van der Waals surface area contributed by atoms with Crippen LogP contribution >= 0.6 is 23.2 Å². The van der Waals surface area contributed by atoms with Crippen LogP contribution in [-0.4, -0.2) is 50.7 Å². The van der Waals surface area contributed by atoms with Crippen LogP contribution in [0.4, 0.5) is 9.18 Å². The van der Waals surface area contributed by atoms with Crippen molar-refractivity contribution in [2.45, 2.75) is 31.3 Å². The summed E-state index contributed by atoms with van der Waals surface area (Å²) in [4.78, 5) is 12.1. The SMILES string of the molecule is CC(C)(C)OC(=O)NCC1(COc2ccc(C#N)c(F)c2)CN(S(=O)(=O)c2ccc(Cl)cc2Cl)C1. The van der Waals surface area contributed by atoms with E-state index in [1.807, 2.05) is 0 Å². The molecule has 1 heterocycles. The van der Waals surface area contributed by atoms with Gasteiger partial charge in [-0.15, -0.1) is 0 Å². The van der Waals surface area contributed by atoms with E-state index in [2.05, 4.69) is 5.32 Å². The van der Waals surface area contributed by atoms with E-state index in [9.17, 15) is 17.6 Å². The number of alkyl carbamates (subject to hydrolysis) is 1. The second-order valence-electron chi connectivity index (χ2n) is 9.25. The molecule has 1 saturated heterocycles. The lowest BCUT2D eigenvalue weighted by Crippen LogP contribution is -2.64. The van der Waals surface area contributed by atoms with Crippen molar-refractivity contribution in [3.05, 3.63) is 57.8 Å². The van der Waals surface area contributed by atoms with Gasteiger partial charge in [0.2, 0.25) is 10.0 Å². The van der Waals surface area contributed by atoms with Gasteiger partial charge in [-0.1, -0.05) is 23.2 Å². The highest BCUT2D eigenvalue weighted by Crippen LogP contribution is 2.37. The van der Waals surface area contributed by atoms with Crippen molar-refractivity contribution in [3.63, 3.8) is 0 Å². The fraction of sp³-hybridized carbons (Fsp3) is 0.391. The predicted molar refractivity (Wildman–Crippen MR) is 129 cm³/mol. The first-order chi connectivity index (χ1) is 16.2. The summed E-state index contributed by atoms with van der Waals surface area (Å²) in [5, 5.41) is 11.8. The Morgan fingerprint density at radius 3 is 2.49 bits per heavy atom. The van der Waals surface area contributed by atoms with E-state index in [-0.39, 0.29) is 47.5 Å². The van der Waals surface area contributed by atoms with Crippen molar-refractivity contribution in [2.75, 3.05) is 26.2 Å². The summed E-state index contributed by atoms with van der Waals surface area (Å²) in [6, 6.07) is 9.64. The summed E-state index contributed by atoms with van der Waals surface area (Å²) in [6.07, 6.45) is -0.664. The van der Waals surface area contributed by atoms with E-state index in [4.69, 9.17) is 37.9 Å². The monoisotopic (exact) mass is 543 g/mol. The first kappa shape index (κ1) is 27.0. The summed E-state index contributed by atoms with van der Waals surface area (Å²) < 4.78 is 52.4. The standard InChI is InChI=1S/C23H24Cl2FN3O5S/c1-22(2,3)34-21(30)28-11-23(14-33-17-6-4-15(10-27)19(26)9-17)12-29(13-23)35(31,32)20-7-5-16(24)8-18(20)25/h4-9H,11-14H2,1-3H3,(H,28,30). The number of nitrogens with one attached hydrogen (secondary N) is 1. The number of rotatable bonds is 7. The molecule has 1 fully saturated rings. The van der Waals surface area contributed by atoms with Gasteiger partial charge in [0.25, 0.3) is 0 Å². The number of hydrogen-bond acceptors (Lipinski definition) is 6. The summed E-state index contributed by atoms with van der Waals surface area (Å²) in [5.41, 5.74) is -1.67. The maximum Gasteiger partial charge on any atom is 0.407 e. The summed E-state index contributed by atoms with van der Waals surface area (Å²) in [7, 11) is -3.94. The van der Waals surface area contributed by atoms with Crippen molar-refractivity contribution >= 4 is 39.3 Å². The zero-order valence-corrected chi connectivity index (χ0v) is 21.6. The molecule has 2 aromatic carbocycles. The lowest BCUT2D eigenvalue weighted by molar-refractivity contribution is 0.0112. The minimum atomic E-state index is -3.94. The third-order valence-corrected chi connectivity index (χ3v) is 7.66. The van der Waals surface area contributed by atoms with Gasteiger partial charge >= 0.3 is 6.09 Å². The number of halogens is 3. The van der Waals surface area contributed by atoms with Crippen LogP contribution < -0.4 is 10.1 Å². The molecule has 1 aliphatic heterocycles. The zero-order valence-electron chi connectivity index (χ0n) is 19.3. The molecule has 1 N–H and O–H groups in total. The fourth-order valence-corrected chi connectivity index (χ4v) is 5.85. The third-order valence-electron chi connectivity index (χ3n) is 5.15. The summed E-state index contributed by atoms with van der Waals surface area (Å²) in [5.74, 6) is -0.568. The molecule has 0 aliphatic carbocycles. The molecule has 3 rings (SSSR count). The molecule has 188 valence electrons. The number of nitriles is 1. The molecule has 0 atom stereocenters. The van der Waals surface area contributed by atoms with E-state index < -0.39 is 32.9 Å². The Labute approximate surface area is 213 Å². The zero-order chi connectivity index (χ0) is 26.0. The van der Waals surface area contributed by atoms with Crippen LogP contribution in [-0.2, 0) is 14.8 Å². The van der Waals surface area contributed by atoms with E-state index in [0.29, 0.717) is 5.02 Å². The molecular weight excluding hydrogens is 520 g/mol. The van der Waals surface area contributed by atoms with Gasteiger partial charge in [-0.25, -0.2) is 17.6 Å². The van der Waals surface area contributed by atoms with Crippen LogP contribution in [0.15, 0.2) is 41.3 Å². The van der Waals surface area contributed by atoms with Crippen molar-refractivity contribution in [1.82, 2.24) is 9.62 Å². The smallest absolute Gasteiger partial charge is 0.407 e. The Kier molecular flexibility index (Phi) is 7.86. The predicted octanol–water partition coefficient (Wildman–Crippen LogP) is 4.60. The van der Waals surface area contributed by atoms with Gasteiger partial charge in [-0.2, -0.15) is 9.57 Å². The summed E-state index contributed by atoms with van der Waals surface area (Å²) >= 11 is 12.0. The van der Waals surface area contributed by atoms with Crippen LogP contribution in [0.3, 0.4) is 0 Å².